The van der Waals surface area contributed by atoms with Crippen molar-refractivity contribution in [1.29, 1.82) is 0 Å². The molecule has 1 aliphatic heterocycles. The Hall–Kier alpha value is -2.44. The summed E-state index contributed by atoms with van der Waals surface area (Å²) < 4.78 is 0. The Bertz CT molecular complexity index is 790. The van der Waals surface area contributed by atoms with Crippen LogP contribution in [0.1, 0.15) is 41.1 Å². The minimum absolute atomic E-state index is 0.262. The predicted molar refractivity (Wildman–Crippen MR) is 110 cm³/mol. The molecule has 2 fully saturated rings. The maximum absolute atomic E-state index is 11.0. The normalized spacial score (nSPS) is 22.7. The molecule has 1 aromatic carbocycles. The standard InChI is InChI=1S/C22H28N4O2/c27-22(28)17-6-9-23-21(14-17)24-10-13-26-11-7-18(8-12-26)25-20-15-19(20)16-4-2-1-3-5-16/h1-6,9,14,18-20,25H,7-8,10-13,15H2,(H,23,24)(H,27,28)/t19-,20+/m0/s1. The zero-order valence-corrected chi connectivity index (χ0v) is 16.1. The van der Waals surface area contributed by atoms with Crippen LogP contribution in [0.25, 0.3) is 0 Å². The van der Waals surface area contributed by atoms with Crippen LogP contribution in [-0.4, -0.2) is 59.2 Å². The summed E-state index contributed by atoms with van der Waals surface area (Å²) in [7, 11) is 0. The maximum atomic E-state index is 11.0. The molecule has 6 heteroatoms. The molecule has 1 saturated heterocycles. The lowest BCUT2D eigenvalue weighted by atomic mass is 10.0. The van der Waals surface area contributed by atoms with Crippen molar-refractivity contribution in [1.82, 2.24) is 15.2 Å². The number of nitrogens with zero attached hydrogens (tertiary/aromatic N) is 2. The first-order valence-electron chi connectivity index (χ1n) is 10.2. The van der Waals surface area contributed by atoms with E-state index in [2.05, 4.69) is 50.8 Å². The first-order valence-corrected chi connectivity index (χ1v) is 10.2. The fraction of sp³-hybridized carbons (Fsp3) is 0.455. The zero-order chi connectivity index (χ0) is 19.3. The summed E-state index contributed by atoms with van der Waals surface area (Å²) in [5.41, 5.74) is 1.72. The van der Waals surface area contributed by atoms with Crippen LogP contribution in [0.15, 0.2) is 48.7 Å². The number of likely N-dealkylation sites (tertiary alicyclic amines) is 1. The SMILES string of the molecule is O=C(O)c1ccnc(NCCN2CCC(N[C@@H]3C[C@H]3c3ccccc3)CC2)c1. The third-order valence-electron chi connectivity index (χ3n) is 5.80. The van der Waals surface area contributed by atoms with Crippen molar-refractivity contribution in [2.24, 2.45) is 0 Å². The van der Waals surface area contributed by atoms with E-state index in [9.17, 15) is 4.79 Å². The van der Waals surface area contributed by atoms with E-state index in [1.54, 1.807) is 6.07 Å². The van der Waals surface area contributed by atoms with Gasteiger partial charge in [-0.05, 0) is 50.0 Å². The number of carboxylic acid groups (broad SMARTS) is 1. The highest BCUT2D eigenvalue weighted by Crippen LogP contribution is 2.41. The van der Waals surface area contributed by atoms with Crippen molar-refractivity contribution >= 4 is 11.8 Å². The number of pyridine rings is 1. The van der Waals surface area contributed by atoms with Gasteiger partial charge in [0.05, 0.1) is 5.56 Å². The van der Waals surface area contributed by atoms with Gasteiger partial charge < -0.3 is 20.6 Å². The number of aromatic nitrogens is 1. The van der Waals surface area contributed by atoms with Crippen molar-refractivity contribution < 1.29 is 9.90 Å². The Kier molecular flexibility index (Phi) is 5.88. The summed E-state index contributed by atoms with van der Waals surface area (Å²) in [5, 5.41) is 16.1. The molecule has 148 valence electrons. The van der Waals surface area contributed by atoms with Crippen molar-refractivity contribution in [3.8, 4) is 0 Å². The van der Waals surface area contributed by atoms with Crippen LogP contribution in [0.5, 0.6) is 0 Å². The number of anilines is 1. The molecule has 0 spiro atoms. The summed E-state index contributed by atoms with van der Waals surface area (Å²) in [6.45, 7) is 3.92. The molecule has 0 unspecified atom stereocenters. The van der Waals surface area contributed by atoms with Crippen molar-refractivity contribution in [2.45, 2.75) is 37.3 Å². The first kappa shape index (κ1) is 18.9. The van der Waals surface area contributed by atoms with Crippen LogP contribution in [0.2, 0.25) is 0 Å². The Morgan fingerprint density at radius 1 is 1.18 bits per heavy atom. The van der Waals surface area contributed by atoms with Gasteiger partial charge in [-0.25, -0.2) is 9.78 Å². The molecule has 6 nitrogen and oxygen atoms in total. The molecular weight excluding hydrogens is 352 g/mol. The Morgan fingerprint density at radius 2 is 1.96 bits per heavy atom. The van der Waals surface area contributed by atoms with E-state index in [-0.39, 0.29) is 5.56 Å². The fourth-order valence-electron chi connectivity index (χ4n) is 4.08. The average Bonchev–Trinajstić information content (AvgIpc) is 3.49. The summed E-state index contributed by atoms with van der Waals surface area (Å²) in [5.74, 6) is 0.389. The van der Waals surface area contributed by atoms with Gasteiger partial charge in [-0.2, -0.15) is 0 Å². The molecule has 1 aromatic heterocycles. The lowest BCUT2D eigenvalue weighted by Gasteiger charge is -2.32. The summed E-state index contributed by atoms with van der Waals surface area (Å²) in [6, 6.07) is 15.2. The van der Waals surface area contributed by atoms with E-state index in [4.69, 9.17) is 5.11 Å². The monoisotopic (exact) mass is 380 g/mol. The molecule has 0 bridgehead atoms. The predicted octanol–water partition coefficient (Wildman–Crippen LogP) is 2.80. The molecule has 1 aliphatic carbocycles. The van der Waals surface area contributed by atoms with E-state index in [0.717, 1.165) is 26.2 Å². The number of benzene rings is 1. The summed E-state index contributed by atoms with van der Waals surface area (Å²) in [6.07, 6.45) is 5.16. The third-order valence-corrected chi connectivity index (χ3v) is 5.80. The molecule has 2 atom stereocenters. The van der Waals surface area contributed by atoms with Crippen molar-refractivity contribution in [2.75, 3.05) is 31.5 Å². The molecule has 0 amide bonds. The topological polar surface area (TPSA) is 77.5 Å². The van der Waals surface area contributed by atoms with E-state index < -0.39 is 5.97 Å². The van der Waals surface area contributed by atoms with Gasteiger partial charge in [0.2, 0.25) is 0 Å². The van der Waals surface area contributed by atoms with Crippen molar-refractivity contribution in [3.63, 3.8) is 0 Å². The van der Waals surface area contributed by atoms with Crippen LogP contribution < -0.4 is 10.6 Å². The van der Waals surface area contributed by atoms with Crippen molar-refractivity contribution in [3.05, 3.63) is 59.8 Å². The molecule has 2 aromatic rings. The highest BCUT2D eigenvalue weighted by Gasteiger charge is 2.39. The van der Waals surface area contributed by atoms with Gasteiger partial charge in [0.15, 0.2) is 0 Å². The third kappa shape index (κ3) is 4.88. The van der Waals surface area contributed by atoms with Gasteiger partial charge in [-0.1, -0.05) is 30.3 Å². The fourth-order valence-corrected chi connectivity index (χ4v) is 4.08. The van der Waals surface area contributed by atoms with Gasteiger partial charge >= 0.3 is 5.97 Å². The second-order valence-electron chi connectivity index (χ2n) is 7.80. The minimum atomic E-state index is -0.926. The van der Waals surface area contributed by atoms with E-state index in [1.807, 2.05) is 0 Å². The average molecular weight is 380 g/mol. The Balaban J connectivity index is 1.14. The number of hydrogen-bond acceptors (Lipinski definition) is 5. The van der Waals surface area contributed by atoms with E-state index in [1.165, 1.54) is 37.1 Å². The second-order valence-corrected chi connectivity index (χ2v) is 7.80. The number of hydrogen-bond donors (Lipinski definition) is 3. The maximum Gasteiger partial charge on any atom is 0.335 e. The molecule has 4 rings (SSSR count). The highest BCUT2D eigenvalue weighted by molar-refractivity contribution is 5.88. The first-order chi connectivity index (χ1) is 13.7. The largest absolute Gasteiger partial charge is 0.478 e. The van der Waals surface area contributed by atoms with E-state index >= 15 is 0 Å². The summed E-state index contributed by atoms with van der Waals surface area (Å²) in [4.78, 5) is 17.7. The van der Waals surface area contributed by atoms with Crippen LogP contribution >= 0.6 is 0 Å². The number of rotatable bonds is 8. The molecular formula is C22H28N4O2. The van der Waals surface area contributed by atoms with Gasteiger partial charge in [0, 0.05) is 37.3 Å². The molecule has 0 radical (unpaired) electrons. The van der Waals surface area contributed by atoms with Gasteiger partial charge in [-0.15, -0.1) is 0 Å². The number of carbonyl (C=O) groups is 1. The highest BCUT2D eigenvalue weighted by atomic mass is 16.4. The number of carboxylic acids is 1. The Morgan fingerprint density at radius 3 is 2.71 bits per heavy atom. The molecule has 2 heterocycles. The smallest absolute Gasteiger partial charge is 0.335 e. The van der Waals surface area contributed by atoms with Crippen LogP contribution in [0, 0.1) is 0 Å². The Labute approximate surface area is 166 Å². The van der Waals surface area contributed by atoms with Gasteiger partial charge in [-0.3, -0.25) is 0 Å². The van der Waals surface area contributed by atoms with Gasteiger partial charge in [0.1, 0.15) is 5.82 Å². The molecule has 2 aliphatic rings. The van der Waals surface area contributed by atoms with Crippen LogP contribution in [-0.2, 0) is 0 Å². The minimum Gasteiger partial charge on any atom is -0.478 e. The number of nitrogens with one attached hydrogen (secondary N) is 2. The molecule has 3 N–H and O–H groups in total. The zero-order valence-electron chi connectivity index (χ0n) is 16.1. The molecule has 1 saturated carbocycles. The lowest BCUT2D eigenvalue weighted by Crippen LogP contribution is -2.44. The molecule has 28 heavy (non-hydrogen) atoms. The van der Waals surface area contributed by atoms with Crippen LogP contribution in [0.3, 0.4) is 0 Å². The van der Waals surface area contributed by atoms with Gasteiger partial charge in [0.25, 0.3) is 0 Å². The van der Waals surface area contributed by atoms with E-state index in [0.29, 0.717) is 23.8 Å². The van der Waals surface area contributed by atoms with Crippen LogP contribution in [0.4, 0.5) is 5.82 Å². The number of piperidine rings is 1. The number of aromatic carboxylic acids is 1. The second kappa shape index (κ2) is 8.71. The quantitative estimate of drug-likeness (QED) is 0.654. The lowest BCUT2D eigenvalue weighted by molar-refractivity contribution is 0.0697. The summed E-state index contributed by atoms with van der Waals surface area (Å²) >= 11 is 0.